The zero-order valence-corrected chi connectivity index (χ0v) is 7.11. The van der Waals surface area contributed by atoms with Crippen LogP contribution in [-0.2, 0) is 4.74 Å². The van der Waals surface area contributed by atoms with Crippen molar-refractivity contribution in [3.05, 3.63) is 0 Å². The minimum Gasteiger partial charge on any atom is -0.481 e. The van der Waals surface area contributed by atoms with E-state index in [-0.39, 0.29) is 0 Å². The van der Waals surface area contributed by atoms with Crippen molar-refractivity contribution in [3.63, 3.8) is 0 Å². The molecular formula is C8H17NO. The first-order chi connectivity index (χ1) is 4.84. The molecule has 0 spiro atoms. The van der Waals surface area contributed by atoms with Gasteiger partial charge in [-0.2, -0.15) is 0 Å². The van der Waals surface area contributed by atoms with E-state index < -0.39 is 0 Å². The van der Waals surface area contributed by atoms with Crippen molar-refractivity contribution in [2.24, 2.45) is 5.92 Å². The van der Waals surface area contributed by atoms with Gasteiger partial charge in [0.05, 0.1) is 6.61 Å². The van der Waals surface area contributed by atoms with Gasteiger partial charge in [-0.3, -0.25) is 5.41 Å². The van der Waals surface area contributed by atoms with Gasteiger partial charge < -0.3 is 4.74 Å². The van der Waals surface area contributed by atoms with Gasteiger partial charge >= 0.3 is 0 Å². The summed E-state index contributed by atoms with van der Waals surface area (Å²) in [5.74, 6) is 0.974. The molecule has 1 rings (SSSR count). The Morgan fingerprint density at radius 2 is 2.00 bits per heavy atom. The SMILES string of the molecule is CC.CCOC(=N)C1CC1. The second-order valence-corrected chi connectivity index (χ2v) is 2.07. The number of hydrogen-bond acceptors (Lipinski definition) is 2. The highest BCUT2D eigenvalue weighted by Crippen LogP contribution is 2.30. The average Bonchev–Trinajstić information content (AvgIpc) is 2.74. The molecule has 2 nitrogen and oxygen atoms in total. The van der Waals surface area contributed by atoms with Crippen LogP contribution in [0, 0.1) is 11.3 Å². The van der Waals surface area contributed by atoms with Crippen LogP contribution in [0.15, 0.2) is 0 Å². The zero-order valence-electron chi connectivity index (χ0n) is 7.11. The summed E-state index contributed by atoms with van der Waals surface area (Å²) in [4.78, 5) is 0. The second kappa shape index (κ2) is 5.27. The summed E-state index contributed by atoms with van der Waals surface area (Å²) in [5.41, 5.74) is 0. The third-order valence-electron chi connectivity index (χ3n) is 1.25. The predicted molar refractivity (Wildman–Crippen MR) is 43.4 cm³/mol. The molecule has 1 aliphatic rings. The Kier molecular flexibility index (Phi) is 4.99. The lowest BCUT2D eigenvalue weighted by molar-refractivity contribution is 0.311. The standard InChI is InChI=1S/C6H11NO.C2H6/c1-2-8-6(7)5-3-4-5;1-2/h5,7H,2-4H2,1H3;1-2H3. The molecule has 0 aromatic rings. The highest BCUT2D eigenvalue weighted by molar-refractivity contribution is 5.77. The van der Waals surface area contributed by atoms with Crippen molar-refractivity contribution < 1.29 is 4.74 Å². The first kappa shape index (κ1) is 9.47. The summed E-state index contributed by atoms with van der Waals surface area (Å²) in [6.07, 6.45) is 2.33. The van der Waals surface area contributed by atoms with Gasteiger partial charge in [0.2, 0.25) is 0 Å². The molecule has 0 aromatic carbocycles. The van der Waals surface area contributed by atoms with Gasteiger partial charge in [0, 0.05) is 5.92 Å². The maximum atomic E-state index is 7.18. The Morgan fingerprint density at radius 3 is 2.30 bits per heavy atom. The fraction of sp³-hybridized carbons (Fsp3) is 0.875. The van der Waals surface area contributed by atoms with E-state index in [2.05, 4.69) is 0 Å². The molecule has 0 aliphatic heterocycles. The van der Waals surface area contributed by atoms with E-state index in [1.807, 2.05) is 20.8 Å². The van der Waals surface area contributed by atoms with Crippen molar-refractivity contribution in [3.8, 4) is 0 Å². The molecule has 0 aromatic heterocycles. The van der Waals surface area contributed by atoms with Gasteiger partial charge in [-0.15, -0.1) is 0 Å². The van der Waals surface area contributed by atoms with Crippen molar-refractivity contribution in [1.82, 2.24) is 0 Å². The molecule has 1 N–H and O–H groups in total. The Bertz CT molecular complexity index is 97.4. The molecule has 0 bridgehead atoms. The van der Waals surface area contributed by atoms with Crippen LogP contribution < -0.4 is 0 Å². The van der Waals surface area contributed by atoms with Crippen molar-refractivity contribution >= 4 is 5.90 Å². The summed E-state index contributed by atoms with van der Waals surface area (Å²) < 4.78 is 4.95. The molecule has 0 unspecified atom stereocenters. The molecule has 60 valence electrons. The quantitative estimate of drug-likeness (QED) is 0.467. The van der Waals surface area contributed by atoms with Crippen LogP contribution in [0.2, 0.25) is 0 Å². The number of rotatable bonds is 2. The van der Waals surface area contributed by atoms with Gasteiger partial charge in [0.25, 0.3) is 0 Å². The van der Waals surface area contributed by atoms with Crippen LogP contribution in [-0.4, -0.2) is 12.5 Å². The maximum Gasteiger partial charge on any atom is 0.183 e. The van der Waals surface area contributed by atoms with Gasteiger partial charge in [-0.1, -0.05) is 13.8 Å². The highest BCUT2D eigenvalue weighted by Gasteiger charge is 2.27. The molecule has 0 heterocycles. The Labute approximate surface area is 63.1 Å². The second-order valence-electron chi connectivity index (χ2n) is 2.07. The van der Waals surface area contributed by atoms with E-state index in [0.717, 1.165) is 0 Å². The summed E-state index contributed by atoms with van der Waals surface area (Å²) in [6.45, 7) is 6.56. The molecular weight excluding hydrogens is 126 g/mol. The fourth-order valence-corrected chi connectivity index (χ4v) is 0.619. The van der Waals surface area contributed by atoms with E-state index in [4.69, 9.17) is 10.1 Å². The summed E-state index contributed by atoms with van der Waals surface area (Å²) in [7, 11) is 0. The minimum atomic E-state index is 0.481. The van der Waals surface area contributed by atoms with Gasteiger partial charge in [0.1, 0.15) is 0 Å². The highest BCUT2D eigenvalue weighted by atomic mass is 16.5. The van der Waals surface area contributed by atoms with E-state index in [9.17, 15) is 0 Å². The van der Waals surface area contributed by atoms with Crippen LogP contribution in [0.4, 0.5) is 0 Å². The third kappa shape index (κ3) is 3.49. The largest absolute Gasteiger partial charge is 0.481 e. The number of ether oxygens (including phenoxy) is 1. The maximum absolute atomic E-state index is 7.18. The lowest BCUT2D eigenvalue weighted by Gasteiger charge is -1.99. The Hall–Kier alpha value is -0.530. The van der Waals surface area contributed by atoms with E-state index in [1.165, 1.54) is 12.8 Å². The summed E-state index contributed by atoms with van der Waals surface area (Å²) in [6, 6.07) is 0. The average molecular weight is 143 g/mol. The van der Waals surface area contributed by atoms with Crippen LogP contribution >= 0.6 is 0 Å². The molecule has 10 heavy (non-hydrogen) atoms. The first-order valence-electron chi connectivity index (χ1n) is 4.06. The van der Waals surface area contributed by atoms with E-state index >= 15 is 0 Å². The molecule has 0 saturated heterocycles. The van der Waals surface area contributed by atoms with E-state index in [1.54, 1.807) is 0 Å². The topological polar surface area (TPSA) is 33.1 Å². The molecule has 1 fully saturated rings. The lowest BCUT2D eigenvalue weighted by atomic mass is 10.4. The normalized spacial score (nSPS) is 15.1. The first-order valence-corrected chi connectivity index (χ1v) is 4.06. The predicted octanol–water partition coefficient (Wildman–Crippen LogP) is 2.44. The Balaban J connectivity index is 0.000000371. The van der Waals surface area contributed by atoms with Gasteiger partial charge in [-0.05, 0) is 19.8 Å². The monoisotopic (exact) mass is 143 g/mol. The third-order valence-corrected chi connectivity index (χ3v) is 1.25. The minimum absolute atomic E-state index is 0.481. The van der Waals surface area contributed by atoms with Crippen molar-refractivity contribution in [2.75, 3.05) is 6.61 Å². The van der Waals surface area contributed by atoms with Crippen LogP contribution in [0.3, 0.4) is 0 Å². The molecule has 0 atom stereocenters. The smallest absolute Gasteiger partial charge is 0.183 e. The summed E-state index contributed by atoms with van der Waals surface area (Å²) >= 11 is 0. The van der Waals surface area contributed by atoms with Crippen LogP contribution in [0.5, 0.6) is 0 Å². The van der Waals surface area contributed by atoms with Gasteiger partial charge in [0.15, 0.2) is 5.90 Å². The fourth-order valence-electron chi connectivity index (χ4n) is 0.619. The van der Waals surface area contributed by atoms with Crippen molar-refractivity contribution in [2.45, 2.75) is 33.6 Å². The molecule has 0 radical (unpaired) electrons. The Morgan fingerprint density at radius 1 is 1.50 bits per heavy atom. The van der Waals surface area contributed by atoms with Crippen LogP contribution in [0.25, 0.3) is 0 Å². The van der Waals surface area contributed by atoms with E-state index in [0.29, 0.717) is 18.4 Å². The molecule has 1 aliphatic carbocycles. The van der Waals surface area contributed by atoms with Crippen LogP contribution in [0.1, 0.15) is 33.6 Å². The number of nitrogens with one attached hydrogen (secondary N) is 1. The summed E-state index contributed by atoms with van der Waals surface area (Å²) in [5, 5.41) is 7.18. The van der Waals surface area contributed by atoms with Crippen molar-refractivity contribution in [1.29, 1.82) is 5.41 Å². The lowest BCUT2D eigenvalue weighted by Crippen LogP contribution is -2.03. The van der Waals surface area contributed by atoms with Gasteiger partial charge in [-0.25, -0.2) is 0 Å². The zero-order chi connectivity index (χ0) is 7.98. The molecule has 0 amide bonds. The molecule has 1 saturated carbocycles. The number of hydrogen-bond donors (Lipinski definition) is 1. The molecule has 2 heteroatoms.